The maximum absolute atomic E-state index is 4.59. The van der Waals surface area contributed by atoms with E-state index in [0.717, 1.165) is 22.5 Å². The number of rotatable bonds is 2. The Morgan fingerprint density at radius 3 is 2.53 bits per heavy atom. The van der Waals surface area contributed by atoms with Crippen molar-refractivity contribution in [1.82, 2.24) is 9.55 Å². The highest BCUT2D eigenvalue weighted by molar-refractivity contribution is 9.10. The van der Waals surface area contributed by atoms with E-state index in [1.54, 1.807) is 0 Å². The largest absolute Gasteiger partial charge is 0.326 e. The molecule has 1 aromatic carbocycles. The molecule has 0 spiro atoms. The van der Waals surface area contributed by atoms with Gasteiger partial charge in [-0.05, 0) is 47.8 Å². The molecule has 2 nitrogen and oxygen atoms in total. The number of nitrogens with zero attached hydrogens (tertiary/aromatic N) is 2. The third-order valence-electron chi connectivity index (χ3n) is 3.18. The van der Waals surface area contributed by atoms with E-state index < -0.39 is 0 Å². The Morgan fingerprint density at radius 2 is 1.94 bits per heavy atom. The highest BCUT2D eigenvalue weighted by Crippen LogP contribution is 2.22. The summed E-state index contributed by atoms with van der Waals surface area (Å²) in [6.07, 6.45) is 0.885. The van der Waals surface area contributed by atoms with Crippen LogP contribution in [0.5, 0.6) is 0 Å². The molecule has 1 aromatic heterocycles. The zero-order valence-corrected chi connectivity index (χ0v) is 12.3. The quantitative estimate of drug-likeness (QED) is 0.825. The molecule has 0 saturated carbocycles. The number of aromatic nitrogens is 2. The maximum Gasteiger partial charge on any atom is 0.108 e. The zero-order chi connectivity index (χ0) is 12.6. The molecule has 1 heterocycles. The second-order valence-electron chi connectivity index (χ2n) is 4.56. The van der Waals surface area contributed by atoms with Gasteiger partial charge in [-0.3, -0.25) is 0 Å². The van der Waals surface area contributed by atoms with Crippen LogP contribution in [0.2, 0.25) is 0 Å². The predicted molar refractivity (Wildman–Crippen MR) is 74.4 cm³/mol. The van der Waals surface area contributed by atoms with Gasteiger partial charge in [0.1, 0.15) is 10.4 Å². The third-order valence-corrected chi connectivity index (χ3v) is 4.17. The summed E-state index contributed by atoms with van der Waals surface area (Å²) in [5.74, 6) is 1.04. The van der Waals surface area contributed by atoms with Crippen LogP contribution in [0.15, 0.2) is 22.8 Å². The van der Waals surface area contributed by atoms with Crippen molar-refractivity contribution in [2.24, 2.45) is 7.05 Å². The molecule has 0 atom stereocenters. The number of benzene rings is 1. The number of imidazole rings is 1. The number of halogens is 1. The van der Waals surface area contributed by atoms with Crippen LogP contribution < -0.4 is 0 Å². The molecule has 0 aliphatic heterocycles. The van der Waals surface area contributed by atoms with Crippen LogP contribution in [-0.2, 0) is 13.5 Å². The van der Waals surface area contributed by atoms with Crippen molar-refractivity contribution < 1.29 is 0 Å². The summed E-state index contributed by atoms with van der Waals surface area (Å²) < 4.78 is 3.15. The minimum absolute atomic E-state index is 0.885. The van der Waals surface area contributed by atoms with E-state index in [9.17, 15) is 0 Å². The lowest BCUT2D eigenvalue weighted by Gasteiger charge is -2.06. The lowest BCUT2D eigenvalue weighted by atomic mass is 10.0. The molecule has 17 heavy (non-hydrogen) atoms. The molecule has 0 radical (unpaired) electrons. The van der Waals surface area contributed by atoms with Gasteiger partial charge in [-0.15, -0.1) is 0 Å². The molecule has 0 aliphatic rings. The molecule has 90 valence electrons. The monoisotopic (exact) mass is 292 g/mol. The summed E-state index contributed by atoms with van der Waals surface area (Å²) >= 11 is 3.60. The van der Waals surface area contributed by atoms with Crippen LogP contribution in [0.25, 0.3) is 0 Å². The minimum Gasteiger partial charge on any atom is -0.326 e. The van der Waals surface area contributed by atoms with E-state index in [0.29, 0.717) is 0 Å². The van der Waals surface area contributed by atoms with Crippen molar-refractivity contribution in [3.8, 4) is 0 Å². The molecule has 0 unspecified atom stereocenters. The van der Waals surface area contributed by atoms with Gasteiger partial charge in [0, 0.05) is 13.5 Å². The second kappa shape index (κ2) is 4.65. The van der Waals surface area contributed by atoms with Crippen molar-refractivity contribution >= 4 is 15.9 Å². The molecule has 0 amide bonds. The first kappa shape index (κ1) is 12.4. The lowest BCUT2D eigenvalue weighted by Crippen LogP contribution is -1.94. The predicted octanol–water partition coefficient (Wildman–Crippen LogP) is 3.70. The Balaban J connectivity index is 2.37. The van der Waals surface area contributed by atoms with Crippen LogP contribution >= 0.6 is 15.9 Å². The van der Waals surface area contributed by atoms with E-state index in [2.05, 4.69) is 57.5 Å². The van der Waals surface area contributed by atoms with Crippen LogP contribution in [0.1, 0.15) is 28.2 Å². The Kier molecular flexibility index (Phi) is 3.38. The van der Waals surface area contributed by atoms with E-state index >= 15 is 0 Å². The fourth-order valence-electron chi connectivity index (χ4n) is 1.94. The lowest BCUT2D eigenvalue weighted by molar-refractivity contribution is 0.839. The van der Waals surface area contributed by atoms with Crippen molar-refractivity contribution in [2.75, 3.05) is 0 Å². The van der Waals surface area contributed by atoms with E-state index in [4.69, 9.17) is 0 Å². The molecule has 2 rings (SSSR count). The molecule has 2 aromatic rings. The van der Waals surface area contributed by atoms with Gasteiger partial charge in [0.2, 0.25) is 0 Å². The van der Waals surface area contributed by atoms with Gasteiger partial charge < -0.3 is 4.57 Å². The van der Waals surface area contributed by atoms with Crippen LogP contribution in [0.3, 0.4) is 0 Å². The normalized spacial score (nSPS) is 10.9. The van der Waals surface area contributed by atoms with Gasteiger partial charge in [-0.2, -0.15) is 0 Å². The summed E-state index contributed by atoms with van der Waals surface area (Å²) in [5.41, 5.74) is 5.09. The van der Waals surface area contributed by atoms with Gasteiger partial charge in [-0.1, -0.05) is 23.8 Å². The van der Waals surface area contributed by atoms with Gasteiger partial charge in [-0.25, -0.2) is 4.98 Å². The van der Waals surface area contributed by atoms with E-state index in [-0.39, 0.29) is 0 Å². The first-order valence-electron chi connectivity index (χ1n) is 5.73. The van der Waals surface area contributed by atoms with Gasteiger partial charge in [0.05, 0.1) is 5.69 Å². The molecular weight excluding hydrogens is 276 g/mol. The van der Waals surface area contributed by atoms with Gasteiger partial charge >= 0.3 is 0 Å². The smallest absolute Gasteiger partial charge is 0.108 e. The number of hydrogen-bond donors (Lipinski definition) is 0. The summed E-state index contributed by atoms with van der Waals surface area (Å²) in [6, 6.07) is 6.57. The van der Waals surface area contributed by atoms with E-state index in [1.165, 1.54) is 16.7 Å². The Morgan fingerprint density at radius 1 is 1.24 bits per heavy atom. The molecule has 0 fully saturated rings. The molecule has 0 bridgehead atoms. The molecule has 0 aliphatic carbocycles. The topological polar surface area (TPSA) is 17.8 Å². The summed E-state index contributed by atoms with van der Waals surface area (Å²) in [6.45, 7) is 6.30. The second-order valence-corrected chi connectivity index (χ2v) is 5.31. The summed E-state index contributed by atoms with van der Waals surface area (Å²) in [4.78, 5) is 4.59. The Hall–Kier alpha value is -1.09. The summed E-state index contributed by atoms with van der Waals surface area (Å²) in [5, 5.41) is 0. The SMILES string of the molecule is Cc1ccc(C)c(Cc2nc(C)n(C)c2Br)c1. The first-order chi connectivity index (χ1) is 7.99. The molecule has 0 N–H and O–H groups in total. The highest BCUT2D eigenvalue weighted by atomic mass is 79.9. The fourth-order valence-corrected chi connectivity index (χ4v) is 2.42. The molecule has 3 heteroatoms. The van der Waals surface area contributed by atoms with Crippen LogP contribution in [0.4, 0.5) is 0 Å². The van der Waals surface area contributed by atoms with E-state index in [1.807, 2.05) is 14.0 Å². The number of aryl methyl sites for hydroxylation is 3. The maximum atomic E-state index is 4.59. The first-order valence-corrected chi connectivity index (χ1v) is 6.52. The van der Waals surface area contributed by atoms with Crippen molar-refractivity contribution in [3.63, 3.8) is 0 Å². The average Bonchev–Trinajstić information content (AvgIpc) is 2.52. The van der Waals surface area contributed by atoms with Crippen molar-refractivity contribution in [3.05, 3.63) is 51.0 Å². The van der Waals surface area contributed by atoms with Crippen molar-refractivity contribution in [2.45, 2.75) is 27.2 Å². The molecule has 0 saturated heterocycles. The van der Waals surface area contributed by atoms with Gasteiger partial charge in [0.25, 0.3) is 0 Å². The molecular formula is C14H17BrN2. The minimum atomic E-state index is 0.885. The number of hydrogen-bond acceptors (Lipinski definition) is 1. The van der Waals surface area contributed by atoms with Gasteiger partial charge in [0.15, 0.2) is 0 Å². The zero-order valence-electron chi connectivity index (χ0n) is 10.7. The highest BCUT2D eigenvalue weighted by Gasteiger charge is 2.11. The Bertz CT molecular complexity index is 556. The van der Waals surface area contributed by atoms with Crippen LogP contribution in [-0.4, -0.2) is 9.55 Å². The Labute approximate surface area is 111 Å². The average molecular weight is 293 g/mol. The fraction of sp³-hybridized carbons (Fsp3) is 0.357. The summed E-state index contributed by atoms with van der Waals surface area (Å²) in [7, 11) is 2.03. The van der Waals surface area contributed by atoms with Crippen LogP contribution in [0, 0.1) is 20.8 Å². The standard InChI is InChI=1S/C14H17BrN2/c1-9-5-6-10(2)12(7-9)8-13-14(15)17(4)11(3)16-13/h5-7H,8H2,1-4H3. The van der Waals surface area contributed by atoms with Crippen molar-refractivity contribution in [1.29, 1.82) is 0 Å². The third kappa shape index (κ3) is 2.44.